The van der Waals surface area contributed by atoms with Crippen LogP contribution in [0.1, 0.15) is 47.0 Å². The van der Waals surface area contributed by atoms with Crippen LogP contribution in [-0.4, -0.2) is 24.6 Å². The summed E-state index contributed by atoms with van der Waals surface area (Å²) in [5.74, 6) is 2.48. The van der Waals surface area contributed by atoms with Gasteiger partial charge >= 0.3 is 128 Å². The van der Waals surface area contributed by atoms with Gasteiger partial charge in [0.1, 0.15) is 0 Å². The second-order valence-electron chi connectivity index (χ2n) is 5.57. The monoisotopic (exact) mass is 387 g/mol. The Labute approximate surface area is 128 Å². The molecule has 0 radical (unpaired) electrons. The molecule has 0 aliphatic heterocycles. The number of hydrogen-bond acceptors (Lipinski definition) is 3. The van der Waals surface area contributed by atoms with Gasteiger partial charge in [0.15, 0.2) is 0 Å². The minimum atomic E-state index is 0.347. The molecule has 0 fully saturated rings. The van der Waals surface area contributed by atoms with Gasteiger partial charge in [-0.2, -0.15) is 0 Å². The molecule has 18 heavy (non-hydrogen) atoms. The zero-order chi connectivity index (χ0) is 13.8. The van der Waals surface area contributed by atoms with Gasteiger partial charge in [0, 0.05) is 0 Å². The molecule has 0 saturated heterocycles. The topological polar surface area (TPSA) is 24.1 Å². The summed E-state index contributed by atoms with van der Waals surface area (Å²) in [5, 5.41) is 3.62. The molecule has 0 rings (SSSR count). The first-order valence-electron chi connectivity index (χ1n) is 7.20. The molecule has 2 nitrogen and oxygen atoms in total. The van der Waals surface area contributed by atoms with Gasteiger partial charge in [-0.3, -0.25) is 0 Å². The molecule has 0 bridgehead atoms. The van der Waals surface area contributed by atoms with Crippen molar-refractivity contribution in [3.05, 3.63) is 0 Å². The van der Waals surface area contributed by atoms with Crippen LogP contribution < -0.4 is 29.9 Å². The van der Waals surface area contributed by atoms with E-state index in [-0.39, 0.29) is 0 Å². The Kier molecular flexibility index (Phi) is 13.7. The Morgan fingerprint density at radius 1 is 1.06 bits per heavy atom. The van der Waals surface area contributed by atoms with E-state index in [0.29, 0.717) is 19.8 Å². The first-order chi connectivity index (χ1) is 8.57. The van der Waals surface area contributed by atoms with Gasteiger partial charge in [-0.1, -0.05) is 0 Å². The molecule has 0 aliphatic rings. The van der Waals surface area contributed by atoms with Gasteiger partial charge in [-0.15, -0.1) is 0 Å². The van der Waals surface area contributed by atoms with Crippen molar-refractivity contribution in [3.63, 3.8) is 0 Å². The second kappa shape index (κ2) is 13.0. The Morgan fingerprint density at radius 2 is 1.78 bits per heavy atom. The van der Waals surface area contributed by atoms with E-state index in [9.17, 15) is 0 Å². The molecule has 2 unspecified atom stereocenters. The van der Waals surface area contributed by atoms with Crippen LogP contribution in [0, 0.1) is 17.8 Å². The summed E-state index contributed by atoms with van der Waals surface area (Å²) in [6.45, 7) is 11.8. The van der Waals surface area contributed by atoms with Crippen LogP contribution >= 0.6 is 9.12 Å². The SMILES string of the molecule is CNS[I-]CCCCNCC(C)C(C)CC(C)C. The van der Waals surface area contributed by atoms with E-state index in [1.165, 1.54) is 36.8 Å². The predicted molar refractivity (Wildman–Crippen MR) is 81.4 cm³/mol. The van der Waals surface area contributed by atoms with E-state index in [1.807, 2.05) is 16.2 Å². The Morgan fingerprint density at radius 3 is 2.39 bits per heavy atom. The molecule has 112 valence electrons. The molecule has 0 amide bonds. The standard InChI is InChI=1S/C14H32IN2S/c1-12(2)10-13(3)14(4)11-17-9-7-6-8-15-18-16-5/h12-14,16-17H,6-11H2,1-5H3/q-1. The van der Waals surface area contributed by atoms with Crippen molar-refractivity contribution in [2.45, 2.75) is 47.0 Å². The van der Waals surface area contributed by atoms with Gasteiger partial charge in [0.05, 0.1) is 0 Å². The number of nitrogens with one attached hydrogen (secondary N) is 2. The Bertz CT molecular complexity index is 179. The molecule has 2 N–H and O–H groups in total. The van der Waals surface area contributed by atoms with Gasteiger partial charge < -0.3 is 0 Å². The van der Waals surface area contributed by atoms with Crippen molar-refractivity contribution >= 4 is 9.12 Å². The molecule has 0 aromatic carbocycles. The fourth-order valence-corrected chi connectivity index (χ4v) is 5.36. The van der Waals surface area contributed by atoms with E-state index in [0.717, 1.165) is 17.8 Å². The summed E-state index contributed by atoms with van der Waals surface area (Å²) < 4.78 is 4.60. The zero-order valence-corrected chi connectivity index (χ0v) is 15.7. The van der Waals surface area contributed by atoms with Gasteiger partial charge in [-0.25, -0.2) is 0 Å². The van der Waals surface area contributed by atoms with Crippen LogP contribution in [0.2, 0.25) is 0 Å². The van der Waals surface area contributed by atoms with E-state index in [1.54, 1.807) is 0 Å². The van der Waals surface area contributed by atoms with E-state index in [2.05, 4.69) is 37.7 Å². The summed E-state index contributed by atoms with van der Waals surface area (Å²) in [5.41, 5.74) is 0. The predicted octanol–water partition coefficient (Wildman–Crippen LogP) is 0.546. The van der Waals surface area contributed by atoms with Crippen molar-refractivity contribution in [2.75, 3.05) is 24.6 Å². The molecule has 0 aromatic heterocycles. The van der Waals surface area contributed by atoms with Crippen LogP contribution in [-0.2, 0) is 0 Å². The maximum absolute atomic E-state index is 3.62. The van der Waals surface area contributed by atoms with Crippen molar-refractivity contribution in [1.82, 2.24) is 10.0 Å². The van der Waals surface area contributed by atoms with Crippen molar-refractivity contribution in [2.24, 2.45) is 17.8 Å². The molecule has 2 atom stereocenters. The minimum absolute atomic E-state index is 0.347. The van der Waals surface area contributed by atoms with Crippen molar-refractivity contribution < 1.29 is 19.8 Å². The number of rotatable bonds is 12. The quantitative estimate of drug-likeness (QED) is 0.221. The molecule has 0 aliphatic carbocycles. The van der Waals surface area contributed by atoms with E-state index < -0.39 is 0 Å². The van der Waals surface area contributed by atoms with Crippen LogP contribution in [0.15, 0.2) is 0 Å². The second-order valence-corrected chi connectivity index (χ2v) is 10.6. The van der Waals surface area contributed by atoms with Crippen LogP contribution in [0.25, 0.3) is 0 Å². The zero-order valence-electron chi connectivity index (χ0n) is 12.8. The number of unbranched alkanes of at least 4 members (excludes halogenated alkanes) is 1. The van der Waals surface area contributed by atoms with Gasteiger partial charge in [0.2, 0.25) is 0 Å². The normalized spacial score (nSPS) is 15.2. The third-order valence-corrected chi connectivity index (χ3v) is 7.98. The molecule has 0 spiro atoms. The van der Waals surface area contributed by atoms with Crippen LogP contribution in [0.4, 0.5) is 0 Å². The van der Waals surface area contributed by atoms with E-state index >= 15 is 0 Å². The van der Waals surface area contributed by atoms with Gasteiger partial charge in [0.25, 0.3) is 0 Å². The summed E-state index contributed by atoms with van der Waals surface area (Å²) >= 11 is 0.347. The molecule has 0 aromatic rings. The molecule has 0 saturated carbocycles. The van der Waals surface area contributed by atoms with Crippen LogP contribution in [0.3, 0.4) is 0 Å². The third kappa shape index (κ3) is 12.1. The Hall–Kier alpha value is 1.00. The molecule has 0 heterocycles. The summed E-state index contributed by atoms with van der Waals surface area (Å²) in [4.78, 5) is 0. The van der Waals surface area contributed by atoms with E-state index in [4.69, 9.17) is 0 Å². The third-order valence-electron chi connectivity index (χ3n) is 3.23. The molecular formula is C14H32IN2S-. The number of hydrogen-bond donors (Lipinski definition) is 2. The first-order valence-corrected chi connectivity index (χ1v) is 12.1. The Balaban J connectivity index is 3.32. The van der Waals surface area contributed by atoms with Crippen molar-refractivity contribution in [1.29, 1.82) is 0 Å². The van der Waals surface area contributed by atoms with Crippen LogP contribution in [0.5, 0.6) is 0 Å². The summed E-state index contributed by atoms with van der Waals surface area (Å²) in [6, 6.07) is 0. The summed E-state index contributed by atoms with van der Waals surface area (Å²) in [6.07, 6.45) is 4.09. The van der Waals surface area contributed by atoms with Gasteiger partial charge in [-0.05, 0) is 0 Å². The molecule has 4 heteroatoms. The first kappa shape index (κ1) is 19.0. The maximum atomic E-state index is 3.62. The fourth-order valence-electron chi connectivity index (χ4n) is 2.00. The molecular weight excluding hydrogens is 355 g/mol. The number of halogens is 1. The average Bonchev–Trinajstić information content (AvgIpc) is 2.31. The number of alkyl halides is 1. The summed E-state index contributed by atoms with van der Waals surface area (Å²) in [7, 11) is 3.95. The average molecular weight is 387 g/mol. The fraction of sp³-hybridized carbons (Fsp3) is 1.00. The van der Waals surface area contributed by atoms with Crippen molar-refractivity contribution in [3.8, 4) is 0 Å².